The molecule has 10 heteroatoms. The van der Waals surface area contributed by atoms with Crippen molar-refractivity contribution < 1.29 is 22.7 Å². The van der Waals surface area contributed by atoms with Crippen LogP contribution < -0.4 is 10.5 Å². The Hall–Kier alpha value is -3.40. The maximum Gasteiger partial charge on any atom is 0.417 e. The van der Waals surface area contributed by atoms with Gasteiger partial charge in [0.05, 0.1) is 17.6 Å². The zero-order valence-electron chi connectivity index (χ0n) is 17.0. The Bertz CT molecular complexity index is 1130. The largest absolute Gasteiger partial charge is 0.439 e. The van der Waals surface area contributed by atoms with Crippen molar-refractivity contribution >= 4 is 23.0 Å². The Morgan fingerprint density at radius 1 is 1.38 bits per heavy atom. The highest BCUT2D eigenvalue weighted by atomic mass is 19.4. The molecule has 1 aromatic carbocycles. The van der Waals surface area contributed by atoms with Crippen molar-refractivity contribution in [3.63, 3.8) is 0 Å². The zero-order valence-corrected chi connectivity index (χ0v) is 17.0. The fraction of sp³-hybridized carbons (Fsp3) is 0.318. The lowest BCUT2D eigenvalue weighted by atomic mass is 10.0. The number of amides is 1. The summed E-state index contributed by atoms with van der Waals surface area (Å²) in [5.41, 5.74) is 6.97. The van der Waals surface area contributed by atoms with Crippen LogP contribution in [0, 0.1) is 5.41 Å². The first-order chi connectivity index (χ1) is 15.3. The van der Waals surface area contributed by atoms with Crippen LogP contribution >= 0.6 is 0 Å². The number of nitrogens with zero attached hydrogens (tertiary/aromatic N) is 2. The van der Waals surface area contributed by atoms with Crippen LogP contribution in [0.2, 0.25) is 0 Å². The van der Waals surface area contributed by atoms with Crippen molar-refractivity contribution in [2.45, 2.75) is 37.5 Å². The van der Waals surface area contributed by atoms with Crippen LogP contribution in [0.1, 0.15) is 24.0 Å². The summed E-state index contributed by atoms with van der Waals surface area (Å²) in [6.45, 7) is 0.596. The second kappa shape index (κ2) is 8.62. The quantitative estimate of drug-likeness (QED) is 0.500. The van der Waals surface area contributed by atoms with E-state index in [9.17, 15) is 18.0 Å². The minimum atomic E-state index is -4.46. The molecule has 2 aromatic heterocycles. The fourth-order valence-corrected chi connectivity index (χ4v) is 3.90. The van der Waals surface area contributed by atoms with E-state index in [4.69, 9.17) is 15.9 Å². The molecule has 1 amide bonds. The van der Waals surface area contributed by atoms with Gasteiger partial charge in [-0.2, -0.15) is 13.2 Å². The van der Waals surface area contributed by atoms with E-state index in [1.807, 2.05) is 0 Å². The minimum Gasteiger partial charge on any atom is -0.439 e. The highest BCUT2D eigenvalue weighted by molar-refractivity contribution is 5.88. The third-order valence-electron chi connectivity index (χ3n) is 5.56. The van der Waals surface area contributed by atoms with Crippen LogP contribution in [0.4, 0.5) is 13.2 Å². The summed E-state index contributed by atoms with van der Waals surface area (Å²) in [6, 6.07) is 6.29. The van der Waals surface area contributed by atoms with E-state index in [1.54, 1.807) is 29.3 Å². The lowest BCUT2D eigenvalue weighted by molar-refractivity contribution is -0.138. The molecular formula is C22H22F3N5O2. The molecule has 0 unspecified atom stereocenters. The number of aromatic nitrogens is 2. The average Bonchev–Trinajstić information content (AvgIpc) is 3.40. The maximum absolute atomic E-state index is 12.8. The molecule has 168 valence electrons. The van der Waals surface area contributed by atoms with E-state index in [1.165, 1.54) is 6.21 Å². The summed E-state index contributed by atoms with van der Waals surface area (Å²) in [5.74, 6) is 0.244. The lowest BCUT2D eigenvalue weighted by Gasteiger charge is -2.24. The molecule has 32 heavy (non-hydrogen) atoms. The number of aromatic amines is 1. The van der Waals surface area contributed by atoms with Gasteiger partial charge in [0.15, 0.2) is 0 Å². The van der Waals surface area contributed by atoms with Crippen molar-refractivity contribution in [1.29, 1.82) is 5.41 Å². The number of benzene rings is 1. The number of carbonyl (C=O) groups excluding carboxylic acids is 1. The molecule has 1 aliphatic rings. The Kier molecular flexibility index (Phi) is 5.88. The number of alkyl halides is 3. The normalized spacial score (nSPS) is 17.5. The van der Waals surface area contributed by atoms with E-state index in [0.717, 1.165) is 47.6 Å². The number of rotatable bonds is 6. The number of fused-ring (bicyclic) bond motifs is 1. The lowest BCUT2D eigenvalue weighted by Crippen LogP contribution is -2.47. The maximum atomic E-state index is 12.8. The topological polar surface area (TPSA) is 108 Å². The van der Waals surface area contributed by atoms with Gasteiger partial charge in [-0.25, -0.2) is 4.98 Å². The second-order valence-electron chi connectivity index (χ2n) is 7.72. The molecule has 0 bridgehead atoms. The summed E-state index contributed by atoms with van der Waals surface area (Å²) in [6.07, 6.45) is 1.23. The number of H-pyrrole nitrogens is 1. The van der Waals surface area contributed by atoms with Crippen molar-refractivity contribution in [2.75, 3.05) is 6.54 Å². The number of hydrogen-bond acceptors (Lipinski definition) is 5. The van der Waals surface area contributed by atoms with Crippen LogP contribution in [0.25, 0.3) is 10.9 Å². The molecule has 3 aromatic rings. The third kappa shape index (κ3) is 4.45. The fourth-order valence-electron chi connectivity index (χ4n) is 3.90. The molecule has 4 N–H and O–H groups in total. The van der Waals surface area contributed by atoms with E-state index in [0.29, 0.717) is 18.7 Å². The summed E-state index contributed by atoms with van der Waals surface area (Å²) >= 11 is 0. The Morgan fingerprint density at radius 3 is 2.88 bits per heavy atom. The van der Waals surface area contributed by atoms with E-state index >= 15 is 0 Å². The zero-order chi connectivity index (χ0) is 22.9. The molecule has 0 aliphatic carbocycles. The molecule has 3 heterocycles. The second-order valence-corrected chi connectivity index (χ2v) is 7.72. The van der Waals surface area contributed by atoms with Crippen LogP contribution in [0.3, 0.4) is 0 Å². The Labute approximate surface area is 181 Å². The van der Waals surface area contributed by atoms with Gasteiger partial charge in [0, 0.05) is 42.1 Å². The number of halogens is 3. The Morgan fingerprint density at radius 2 is 2.19 bits per heavy atom. The van der Waals surface area contributed by atoms with Crippen LogP contribution in [-0.4, -0.2) is 45.6 Å². The van der Waals surface area contributed by atoms with Gasteiger partial charge in [0.1, 0.15) is 5.75 Å². The van der Waals surface area contributed by atoms with E-state index in [2.05, 4.69) is 9.97 Å². The number of nitrogens with one attached hydrogen (secondary N) is 2. The number of likely N-dealkylation sites (tertiary alicyclic amines) is 1. The molecule has 0 radical (unpaired) electrons. The van der Waals surface area contributed by atoms with Crippen LogP contribution in [0.5, 0.6) is 11.6 Å². The number of hydrogen-bond donors (Lipinski definition) is 3. The molecular weight excluding hydrogens is 423 g/mol. The average molecular weight is 445 g/mol. The summed E-state index contributed by atoms with van der Waals surface area (Å²) in [5, 5.41) is 8.28. The molecule has 2 atom stereocenters. The molecule has 1 saturated heterocycles. The predicted molar refractivity (Wildman–Crippen MR) is 113 cm³/mol. The van der Waals surface area contributed by atoms with Crippen LogP contribution in [0.15, 0.2) is 42.7 Å². The van der Waals surface area contributed by atoms with Gasteiger partial charge in [-0.1, -0.05) is 0 Å². The molecule has 4 rings (SSSR count). The molecule has 7 nitrogen and oxygen atoms in total. The smallest absolute Gasteiger partial charge is 0.417 e. The van der Waals surface area contributed by atoms with Gasteiger partial charge in [0.25, 0.3) is 0 Å². The molecule has 0 spiro atoms. The van der Waals surface area contributed by atoms with E-state index < -0.39 is 17.8 Å². The van der Waals surface area contributed by atoms with Crippen molar-refractivity contribution in [1.82, 2.24) is 14.9 Å². The minimum absolute atomic E-state index is 0.0352. The van der Waals surface area contributed by atoms with E-state index in [-0.39, 0.29) is 17.8 Å². The molecule has 1 aliphatic heterocycles. The first kappa shape index (κ1) is 21.8. The highest BCUT2D eigenvalue weighted by Gasteiger charge is 2.31. The van der Waals surface area contributed by atoms with Gasteiger partial charge < -0.3 is 25.8 Å². The number of pyridine rings is 1. The first-order valence-electron chi connectivity index (χ1n) is 10.1. The highest BCUT2D eigenvalue weighted by Crippen LogP contribution is 2.31. The summed E-state index contributed by atoms with van der Waals surface area (Å²) in [4.78, 5) is 21.3. The summed E-state index contributed by atoms with van der Waals surface area (Å²) in [7, 11) is 0. The van der Waals surface area contributed by atoms with Gasteiger partial charge in [-0.05, 0) is 49.1 Å². The van der Waals surface area contributed by atoms with Crippen molar-refractivity contribution in [3.8, 4) is 11.6 Å². The molecule has 1 fully saturated rings. The number of ether oxygens (including phenoxy) is 1. The summed E-state index contributed by atoms with van der Waals surface area (Å²) < 4.78 is 43.7. The van der Waals surface area contributed by atoms with Gasteiger partial charge >= 0.3 is 6.18 Å². The van der Waals surface area contributed by atoms with Crippen LogP contribution in [-0.2, 0) is 17.4 Å². The standard InChI is InChI=1S/C22H22F3N5O2/c23-22(24,25)14-3-6-20(29-12-14)32-16-4-5-19-17(9-16)13(11-28-19)8-18(27)21(31)30-7-1-2-15(30)10-26/h3-6,9-12,15,18,26,28H,1-2,7-8,27H2/t15-,18-/m0/s1. The third-order valence-corrected chi connectivity index (χ3v) is 5.56. The van der Waals surface area contributed by atoms with Gasteiger partial charge in [-0.15, -0.1) is 0 Å². The SMILES string of the molecule is N=C[C@@H]1CCCN1C(=O)[C@@H](N)Cc1c[nH]c2ccc(Oc3ccc(C(F)(F)F)cn3)cc12. The van der Waals surface area contributed by atoms with Gasteiger partial charge in [-0.3, -0.25) is 4.79 Å². The number of nitrogens with two attached hydrogens (primary N) is 1. The van der Waals surface area contributed by atoms with Gasteiger partial charge in [0.2, 0.25) is 11.8 Å². The van der Waals surface area contributed by atoms with Crippen molar-refractivity contribution in [2.24, 2.45) is 5.73 Å². The number of carbonyl (C=O) groups is 1. The first-order valence-corrected chi connectivity index (χ1v) is 10.1. The molecule has 0 saturated carbocycles. The van der Waals surface area contributed by atoms with Crippen molar-refractivity contribution in [3.05, 3.63) is 53.9 Å². The Balaban J connectivity index is 1.50. The monoisotopic (exact) mass is 445 g/mol. The predicted octanol–water partition coefficient (Wildman–Crippen LogP) is 3.88.